The average Bonchev–Trinajstić information content (AvgIpc) is 2.76. The zero-order valence-corrected chi connectivity index (χ0v) is 22.0. The van der Waals surface area contributed by atoms with Crippen molar-refractivity contribution in [2.45, 2.75) is 11.8 Å². The van der Waals surface area contributed by atoms with Crippen LogP contribution in [0.2, 0.25) is 0 Å². The van der Waals surface area contributed by atoms with E-state index in [9.17, 15) is 8.42 Å². The van der Waals surface area contributed by atoms with E-state index in [0.717, 1.165) is 5.56 Å². The molecule has 4 aromatic rings. The van der Waals surface area contributed by atoms with Crippen LogP contribution in [0, 0.1) is 14.1 Å². The molecule has 0 bridgehead atoms. The zero-order valence-electron chi connectivity index (χ0n) is 16.9. The maximum atomic E-state index is 11.9. The molecule has 0 spiro atoms. The van der Waals surface area contributed by atoms with E-state index in [1.54, 1.807) is 42.5 Å². The van der Waals surface area contributed by atoms with E-state index in [4.69, 9.17) is 4.18 Å². The minimum atomic E-state index is -3.73. The van der Waals surface area contributed by atoms with Crippen LogP contribution in [0.4, 0.5) is 0 Å². The third-order valence-corrected chi connectivity index (χ3v) is 7.89. The number of halogens is 2. The van der Waals surface area contributed by atoms with Gasteiger partial charge in [0, 0.05) is 0 Å². The highest BCUT2D eigenvalue weighted by Crippen LogP contribution is 2.18. The molecule has 0 saturated carbocycles. The van der Waals surface area contributed by atoms with Crippen LogP contribution in [-0.2, 0) is 10.1 Å². The largest absolute Gasteiger partial charge is 1.00 e. The monoisotopic (exact) mass is 656 g/mol. The Labute approximate surface area is 211 Å². The molecule has 4 aromatic carbocycles. The van der Waals surface area contributed by atoms with E-state index < -0.39 is 10.1 Å². The van der Waals surface area contributed by atoms with Crippen LogP contribution < -0.4 is 49.4 Å². The van der Waals surface area contributed by atoms with Gasteiger partial charge in [-0.15, -0.1) is 0 Å². The van der Waals surface area contributed by atoms with Crippen molar-refractivity contribution in [1.82, 2.24) is 0 Å². The van der Waals surface area contributed by atoms with Crippen LogP contribution >= 0.6 is 0 Å². The molecule has 0 radical (unpaired) electrons. The first-order valence-corrected chi connectivity index (χ1v) is 12.9. The predicted octanol–water partition coefficient (Wildman–Crippen LogP) is -0.418. The number of hydrogen-bond acceptors (Lipinski definition) is 3. The molecule has 0 amide bonds. The SMILES string of the molecule is Cc1ccc(S(=O)(=O)Oc2ccccc2)cc1.[I-].c1ccc([I+]c2ccccc2)cc1. The van der Waals surface area contributed by atoms with Crippen LogP contribution in [0.1, 0.15) is 5.56 Å². The Bertz CT molecular complexity index is 1100. The first kappa shape index (κ1) is 25.4. The van der Waals surface area contributed by atoms with Gasteiger partial charge in [0.15, 0.2) is 7.14 Å². The summed E-state index contributed by atoms with van der Waals surface area (Å²) in [5.74, 6) is 0.313. The van der Waals surface area contributed by atoms with Gasteiger partial charge in [-0.25, -0.2) is 0 Å². The lowest BCUT2D eigenvalue weighted by Crippen LogP contribution is -3.61. The van der Waals surface area contributed by atoms with Crippen molar-refractivity contribution < 1.29 is 57.8 Å². The Morgan fingerprint density at radius 3 is 1.48 bits per heavy atom. The molecule has 3 nitrogen and oxygen atoms in total. The van der Waals surface area contributed by atoms with Crippen molar-refractivity contribution in [1.29, 1.82) is 0 Å². The molecule has 0 unspecified atom stereocenters. The fraction of sp³-hybridized carbons (Fsp3) is 0.0400. The molecule has 0 N–H and O–H groups in total. The van der Waals surface area contributed by atoms with Crippen LogP contribution in [0.5, 0.6) is 5.75 Å². The number of hydrogen-bond donors (Lipinski definition) is 0. The molecular formula is C25H22I2O3S. The molecule has 160 valence electrons. The first-order valence-electron chi connectivity index (χ1n) is 9.34. The molecule has 0 aromatic heterocycles. The van der Waals surface area contributed by atoms with Gasteiger partial charge in [-0.2, -0.15) is 8.42 Å². The lowest BCUT2D eigenvalue weighted by atomic mass is 10.2. The highest BCUT2D eigenvalue weighted by Gasteiger charge is 2.15. The van der Waals surface area contributed by atoms with Gasteiger partial charge >= 0.3 is 31.3 Å². The Hall–Kier alpha value is -1.91. The van der Waals surface area contributed by atoms with Gasteiger partial charge in [-0.05, 0) is 55.5 Å². The van der Waals surface area contributed by atoms with Gasteiger partial charge < -0.3 is 28.2 Å². The third kappa shape index (κ3) is 8.62. The zero-order chi connectivity index (χ0) is 21.2. The van der Waals surface area contributed by atoms with Crippen molar-refractivity contribution in [3.63, 3.8) is 0 Å². The van der Waals surface area contributed by atoms with Crippen molar-refractivity contribution in [2.75, 3.05) is 0 Å². The quantitative estimate of drug-likeness (QED) is 0.217. The molecular weight excluding hydrogens is 634 g/mol. The van der Waals surface area contributed by atoms with Gasteiger partial charge in [-0.3, -0.25) is 0 Å². The van der Waals surface area contributed by atoms with Gasteiger partial charge in [0.1, 0.15) is 10.6 Å². The lowest BCUT2D eigenvalue weighted by Gasteiger charge is -2.06. The van der Waals surface area contributed by atoms with Crippen LogP contribution in [0.15, 0.2) is 120 Å². The summed E-state index contributed by atoms with van der Waals surface area (Å²) in [5.41, 5.74) is 1.00. The summed E-state index contributed by atoms with van der Waals surface area (Å²) in [7, 11) is -3.73. The van der Waals surface area contributed by atoms with Crippen molar-refractivity contribution in [3.8, 4) is 5.75 Å². The number of para-hydroxylation sites is 1. The topological polar surface area (TPSA) is 43.4 Å². The smallest absolute Gasteiger partial charge is 0.357 e. The van der Waals surface area contributed by atoms with E-state index in [-0.39, 0.29) is 50.1 Å². The van der Waals surface area contributed by atoms with E-state index in [1.165, 1.54) is 19.3 Å². The number of rotatable bonds is 5. The molecule has 0 aliphatic rings. The summed E-state index contributed by atoms with van der Waals surface area (Å²) in [6.07, 6.45) is 0. The maximum Gasteiger partial charge on any atom is 0.357 e. The van der Waals surface area contributed by atoms with Crippen LogP contribution in [-0.4, -0.2) is 8.42 Å². The summed E-state index contributed by atoms with van der Waals surface area (Å²) in [4.78, 5) is 0.159. The predicted molar refractivity (Wildman–Crippen MR) is 116 cm³/mol. The number of aryl methyl sites for hydroxylation is 1. The van der Waals surface area contributed by atoms with E-state index >= 15 is 0 Å². The second kappa shape index (κ2) is 12.8. The first-order chi connectivity index (χ1) is 14.5. The molecule has 6 heteroatoms. The summed E-state index contributed by atoms with van der Waals surface area (Å²) >= 11 is 0.0287. The number of benzene rings is 4. The van der Waals surface area contributed by atoms with Gasteiger partial charge in [-0.1, -0.05) is 72.3 Å². The normalized spacial score (nSPS) is 10.2. The highest BCUT2D eigenvalue weighted by atomic mass is 127. The Balaban J connectivity index is 0.000000220. The van der Waals surface area contributed by atoms with E-state index in [1.807, 2.05) is 6.92 Å². The van der Waals surface area contributed by atoms with Crippen molar-refractivity contribution >= 4 is 10.1 Å². The maximum absolute atomic E-state index is 11.9. The van der Waals surface area contributed by atoms with Gasteiger partial charge in [0.2, 0.25) is 0 Å². The standard InChI is InChI=1S/C13H12O3S.C12H10I.HI/c1-11-7-9-13(10-8-11)17(14,15)16-12-5-3-2-4-6-12;1-3-7-11(8-4-1)13-12-9-5-2-6-10-12;/h2-10H,1H3;1-10H;1H/q;+1;/p-1. The molecule has 0 saturated heterocycles. The summed E-state index contributed by atoms with van der Waals surface area (Å²) in [6.45, 7) is 1.90. The molecule has 4 rings (SSSR count). The second-order valence-electron chi connectivity index (χ2n) is 6.35. The molecule has 0 aliphatic carbocycles. The minimum absolute atomic E-state index is 0. The molecule has 0 aliphatic heterocycles. The van der Waals surface area contributed by atoms with Crippen LogP contribution in [0.25, 0.3) is 0 Å². The highest BCUT2D eigenvalue weighted by molar-refractivity contribution is 7.87. The summed E-state index contributed by atoms with van der Waals surface area (Å²) < 4.78 is 31.7. The fourth-order valence-corrected chi connectivity index (χ4v) is 5.64. The fourth-order valence-electron chi connectivity index (χ4n) is 2.44. The van der Waals surface area contributed by atoms with Crippen LogP contribution in [0.3, 0.4) is 0 Å². The molecule has 0 fully saturated rings. The Morgan fingerprint density at radius 1 is 0.613 bits per heavy atom. The summed E-state index contributed by atoms with van der Waals surface area (Å²) in [5, 5.41) is 0. The molecule has 31 heavy (non-hydrogen) atoms. The van der Waals surface area contributed by atoms with Gasteiger partial charge in [0.25, 0.3) is 0 Å². The average molecular weight is 656 g/mol. The second-order valence-corrected chi connectivity index (χ2v) is 10.9. The Kier molecular flexibility index (Phi) is 10.5. The lowest BCUT2D eigenvalue weighted by molar-refractivity contribution is -0.597. The van der Waals surface area contributed by atoms with Crippen molar-refractivity contribution in [2.24, 2.45) is 0 Å². The molecule has 0 heterocycles. The Morgan fingerprint density at radius 2 is 1.03 bits per heavy atom. The third-order valence-electron chi connectivity index (χ3n) is 3.94. The van der Waals surface area contributed by atoms with Crippen molar-refractivity contribution in [3.05, 3.63) is 128 Å². The minimum Gasteiger partial charge on any atom is -1.00 e. The molecule has 0 atom stereocenters. The van der Waals surface area contributed by atoms with Gasteiger partial charge in [0.05, 0.1) is 0 Å². The van der Waals surface area contributed by atoms with E-state index in [2.05, 4.69) is 60.7 Å². The van der Waals surface area contributed by atoms with E-state index in [0.29, 0.717) is 5.75 Å². The summed E-state index contributed by atoms with van der Waals surface area (Å²) in [6, 6.07) is 36.4.